The average molecular weight is 1180 g/mol. The number of aromatic nitrogens is 4. The highest BCUT2D eigenvalue weighted by atomic mass is 35.5. The summed E-state index contributed by atoms with van der Waals surface area (Å²) in [5.41, 5.74) is 5.66. The van der Waals surface area contributed by atoms with Gasteiger partial charge in [-0.2, -0.15) is 4.98 Å². The van der Waals surface area contributed by atoms with Crippen molar-refractivity contribution in [1.82, 2.24) is 40.5 Å². The number of fused-ring (bicyclic) bond motifs is 2. The number of phenolic OH excluding ortho intramolecular Hbond substituents is 1. The fourth-order valence-corrected chi connectivity index (χ4v) is 11.7. The predicted octanol–water partition coefficient (Wildman–Crippen LogP) is 7.61. The Bertz CT molecular complexity index is 3410. The summed E-state index contributed by atoms with van der Waals surface area (Å²) in [6, 6.07) is 20.1. The first kappa shape index (κ1) is 60.4. The number of rotatable bonds is 26. The lowest BCUT2D eigenvalue weighted by Crippen LogP contribution is -2.49. The van der Waals surface area contributed by atoms with Gasteiger partial charge in [-0.25, -0.2) is 14.4 Å². The molecule has 0 unspecified atom stereocenters. The number of ether oxygens (including phenoxy) is 3. The van der Waals surface area contributed by atoms with E-state index in [-0.39, 0.29) is 104 Å². The number of aromatic hydroxyl groups is 1. The number of nitrogens with zero attached hydrogens (tertiary/aromatic N) is 7. The monoisotopic (exact) mass is 1180 g/mol. The molecular weight excluding hydrogens is 1110 g/mol. The molecule has 7 aromatic rings. The Morgan fingerprint density at radius 1 is 0.904 bits per heavy atom. The van der Waals surface area contributed by atoms with E-state index < -0.39 is 35.8 Å². The SMILES string of the molecule is CC(=O)N1CCN(c2nc(NCCC(=O)CNCCOCCOCCOC[C@H](NC(=O)[C@@H]3C[C@@H](O)CN3C(=O)[C@H](c3cc(C)no3)C(C)C)c3ccc(-c4scnc4C)cc3)nc3c(F)c(-c4cc(O)cc5ccccc45)c(Cl)cc23)CC1. The van der Waals surface area contributed by atoms with Crippen LogP contribution in [-0.4, -0.2) is 168 Å². The predicted molar refractivity (Wildman–Crippen MR) is 315 cm³/mol. The molecule has 0 aliphatic carbocycles. The second-order valence-corrected chi connectivity index (χ2v) is 22.4. The molecule has 5 N–H and O–H groups in total. The molecule has 4 aromatic carbocycles. The fraction of sp³-hybridized carbons (Fsp3) is 0.433. The van der Waals surface area contributed by atoms with Crippen molar-refractivity contribution >= 4 is 79.9 Å². The molecule has 3 aromatic heterocycles. The summed E-state index contributed by atoms with van der Waals surface area (Å²) in [5, 5.41) is 36.6. The number of nitrogens with one attached hydrogen (secondary N) is 3. The van der Waals surface area contributed by atoms with Gasteiger partial charge in [-0.1, -0.05) is 79.1 Å². The van der Waals surface area contributed by atoms with Gasteiger partial charge in [0.15, 0.2) is 5.82 Å². The number of amides is 3. The van der Waals surface area contributed by atoms with Crippen molar-refractivity contribution in [2.75, 3.05) is 102 Å². The van der Waals surface area contributed by atoms with Gasteiger partial charge in [0.25, 0.3) is 0 Å². The van der Waals surface area contributed by atoms with Gasteiger partial charge in [0.2, 0.25) is 23.7 Å². The van der Waals surface area contributed by atoms with Gasteiger partial charge in [0, 0.05) is 82.6 Å². The number of thiazole rings is 1. The summed E-state index contributed by atoms with van der Waals surface area (Å²) in [7, 11) is 0. The third-order valence-corrected chi connectivity index (χ3v) is 16.1. The number of ketones is 1. The number of hydrogen-bond acceptors (Lipinski definition) is 18. The number of aliphatic hydroxyl groups is 1. The van der Waals surface area contributed by atoms with Crippen molar-refractivity contribution in [3.05, 3.63) is 112 Å². The molecule has 4 atom stereocenters. The Hall–Kier alpha value is -7.18. The number of phenols is 1. The fourth-order valence-electron chi connectivity index (χ4n) is 10.6. The Kier molecular flexibility index (Phi) is 20.3. The number of Topliss-reactive ketones (excluding diaryl/α,β-unsaturated/α-hetero) is 1. The van der Waals surface area contributed by atoms with Gasteiger partial charge >= 0.3 is 0 Å². The quantitative estimate of drug-likeness (QED) is 0.0327. The first-order chi connectivity index (χ1) is 40.0. The van der Waals surface area contributed by atoms with Crippen molar-refractivity contribution in [3.8, 4) is 27.3 Å². The summed E-state index contributed by atoms with van der Waals surface area (Å²) < 4.78 is 40.0. The third kappa shape index (κ3) is 14.8. The number of carbonyl (C=O) groups is 4. The summed E-state index contributed by atoms with van der Waals surface area (Å²) >= 11 is 8.43. The number of anilines is 2. The van der Waals surface area contributed by atoms with Crippen LogP contribution in [0.3, 0.4) is 0 Å². The number of carbonyl (C=O) groups excluding carboxylic acids is 4. The van der Waals surface area contributed by atoms with Crippen molar-refractivity contribution in [3.63, 3.8) is 0 Å². The first-order valence-corrected chi connectivity index (χ1v) is 29.1. The van der Waals surface area contributed by atoms with Crippen molar-refractivity contribution in [2.45, 2.75) is 71.6 Å². The Morgan fingerprint density at radius 3 is 2.34 bits per heavy atom. The van der Waals surface area contributed by atoms with E-state index in [1.165, 1.54) is 17.9 Å². The van der Waals surface area contributed by atoms with Gasteiger partial charge in [0.1, 0.15) is 40.6 Å². The van der Waals surface area contributed by atoms with E-state index in [4.69, 9.17) is 35.3 Å². The van der Waals surface area contributed by atoms with Crippen LogP contribution in [0.15, 0.2) is 82.8 Å². The van der Waals surface area contributed by atoms with E-state index in [1.54, 1.807) is 46.9 Å². The maximum absolute atomic E-state index is 17.0. The lowest BCUT2D eigenvalue weighted by molar-refractivity contribution is -0.141. The summed E-state index contributed by atoms with van der Waals surface area (Å²) in [4.78, 5) is 73.3. The van der Waals surface area contributed by atoms with E-state index >= 15 is 4.39 Å². The third-order valence-electron chi connectivity index (χ3n) is 14.9. The topological polar surface area (TPSA) is 247 Å². The Balaban J connectivity index is 0.723. The van der Waals surface area contributed by atoms with Crippen LogP contribution in [0.25, 0.3) is 43.2 Å². The number of halogens is 2. The Labute approximate surface area is 489 Å². The zero-order valence-corrected chi connectivity index (χ0v) is 48.7. The van der Waals surface area contributed by atoms with E-state index in [0.29, 0.717) is 91.5 Å². The van der Waals surface area contributed by atoms with Crippen LogP contribution >= 0.6 is 22.9 Å². The van der Waals surface area contributed by atoms with Crippen molar-refractivity contribution in [2.24, 2.45) is 5.92 Å². The molecule has 440 valence electrons. The van der Waals surface area contributed by atoms with E-state index in [1.807, 2.05) is 74.2 Å². The second-order valence-electron chi connectivity index (χ2n) is 21.2. The molecule has 3 amide bonds. The van der Waals surface area contributed by atoms with E-state index in [0.717, 1.165) is 21.7 Å². The largest absolute Gasteiger partial charge is 0.508 e. The van der Waals surface area contributed by atoms with Crippen LogP contribution in [0, 0.1) is 25.6 Å². The standard InChI is InChI=1S/C60H70ClFN10O10S/c1-35(2)52(51-26-36(3)69-82-51)59(78)72-32-44(76)29-50(72)58(77)66-49(39-10-12-40(13-11-39)56-37(4)65-34-83-56)33-81-25-24-80-23-22-79-21-16-63-31-42(74)14-15-64-60-67-55-47(57(68-60)71-19-17-70(18-20-71)38(5)73)30-48(61)53(54(55)62)46-28-43(75)27-41-8-6-7-9-45(41)46/h6-13,26-28,30,34-35,44,49-50,52,63,75-76H,14-25,29,31-33H2,1-5H3,(H,66,77)(H,64,67,68)/t44-,49+,50+,52+/m1/s1. The summed E-state index contributed by atoms with van der Waals surface area (Å²) in [5.74, 6) is -1.43. The molecule has 2 saturated heterocycles. The molecule has 20 nitrogen and oxygen atoms in total. The zero-order valence-electron chi connectivity index (χ0n) is 47.2. The highest BCUT2D eigenvalue weighted by Crippen LogP contribution is 2.43. The molecule has 23 heteroatoms. The number of hydrogen-bond donors (Lipinski definition) is 5. The van der Waals surface area contributed by atoms with Crippen LogP contribution in [0.1, 0.15) is 68.3 Å². The van der Waals surface area contributed by atoms with Gasteiger partial charge in [0.05, 0.1) is 85.1 Å². The molecule has 83 heavy (non-hydrogen) atoms. The number of benzene rings is 4. The van der Waals surface area contributed by atoms with Gasteiger partial charge in [-0.3, -0.25) is 19.2 Å². The van der Waals surface area contributed by atoms with E-state index in [9.17, 15) is 29.4 Å². The molecule has 2 aliphatic heterocycles. The maximum Gasteiger partial charge on any atom is 0.243 e. The molecular formula is C60H70ClFN10O10S. The second kappa shape index (κ2) is 27.9. The van der Waals surface area contributed by atoms with Crippen LogP contribution in [0.2, 0.25) is 5.02 Å². The molecule has 5 heterocycles. The van der Waals surface area contributed by atoms with Crippen molar-refractivity contribution in [1.29, 1.82) is 0 Å². The maximum atomic E-state index is 17.0. The van der Waals surface area contributed by atoms with Crippen LogP contribution in [0.4, 0.5) is 16.2 Å². The first-order valence-electron chi connectivity index (χ1n) is 27.9. The van der Waals surface area contributed by atoms with Gasteiger partial charge in [-0.05, 0) is 65.4 Å². The molecule has 2 fully saturated rings. The molecule has 0 radical (unpaired) electrons. The van der Waals surface area contributed by atoms with E-state index in [2.05, 4.69) is 31.1 Å². The molecule has 0 spiro atoms. The number of piperazine rings is 1. The molecule has 0 bridgehead atoms. The van der Waals surface area contributed by atoms with Crippen LogP contribution in [0.5, 0.6) is 5.75 Å². The molecule has 2 aliphatic rings. The minimum atomic E-state index is -0.917. The highest BCUT2D eigenvalue weighted by Gasteiger charge is 2.44. The van der Waals surface area contributed by atoms with Crippen molar-refractivity contribution < 1.29 is 52.5 Å². The highest BCUT2D eigenvalue weighted by molar-refractivity contribution is 7.13. The summed E-state index contributed by atoms with van der Waals surface area (Å²) in [6.45, 7) is 13.1. The molecule has 0 saturated carbocycles. The number of β-amino-alcohol motifs (C(OH)–C–C–N with tert-alkyl or cyclic N) is 1. The van der Waals surface area contributed by atoms with Crippen LogP contribution in [-0.2, 0) is 33.4 Å². The van der Waals surface area contributed by atoms with Gasteiger partial charge < -0.3 is 59.6 Å². The number of aliphatic hydroxyl groups excluding tert-OH is 1. The van der Waals surface area contributed by atoms with Crippen LogP contribution < -0.4 is 20.9 Å². The van der Waals surface area contributed by atoms with Gasteiger partial charge in [-0.15, -0.1) is 11.3 Å². The average Bonchev–Trinajstić information content (AvgIpc) is 2.08. The number of likely N-dealkylation sites (tertiary alicyclic amines) is 1. The number of aryl methyl sites for hydroxylation is 2. The smallest absolute Gasteiger partial charge is 0.243 e. The minimum Gasteiger partial charge on any atom is -0.508 e. The zero-order chi connectivity index (χ0) is 58.7. The lowest BCUT2D eigenvalue weighted by Gasteiger charge is -2.35. The Morgan fingerprint density at radius 2 is 1.64 bits per heavy atom. The minimum absolute atomic E-state index is 0.0120. The lowest BCUT2D eigenvalue weighted by atomic mass is 9.91. The molecule has 9 rings (SSSR count). The normalized spacial score (nSPS) is 16.3. The summed E-state index contributed by atoms with van der Waals surface area (Å²) in [6.07, 6.45) is -0.669.